The molecule has 2 aromatic rings. The second-order valence-corrected chi connectivity index (χ2v) is 4.76. The van der Waals surface area contributed by atoms with Gasteiger partial charge < -0.3 is 10.5 Å². The lowest BCUT2D eigenvalue weighted by Gasteiger charge is -2.12. The minimum atomic E-state index is 0.223. The number of ether oxygens (including phenoxy) is 1. The molecule has 1 heterocycles. The van der Waals surface area contributed by atoms with Crippen molar-refractivity contribution < 1.29 is 4.74 Å². The summed E-state index contributed by atoms with van der Waals surface area (Å²) in [6.45, 7) is 0. The maximum atomic E-state index is 5.93. The molecule has 0 aliphatic heterocycles. The van der Waals surface area contributed by atoms with Gasteiger partial charge in [-0.15, -0.1) is 0 Å². The van der Waals surface area contributed by atoms with E-state index in [0.717, 1.165) is 30.3 Å². The summed E-state index contributed by atoms with van der Waals surface area (Å²) >= 11 is 0. The van der Waals surface area contributed by atoms with E-state index in [9.17, 15) is 0 Å². The topological polar surface area (TPSA) is 53.1 Å². The van der Waals surface area contributed by atoms with Crippen LogP contribution in [0.15, 0.2) is 24.3 Å². The average molecular weight is 231 g/mol. The van der Waals surface area contributed by atoms with E-state index in [4.69, 9.17) is 10.5 Å². The van der Waals surface area contributed by atoms with E-state index in [1.54, 1.807) is 0 Å². The normalized spacial score (nSPS) is 24.4. The van der Waals surface area contributed by atoms with Crippen LogP contribution in [0.5, 0.6) is 6.01 Å². The van der Waals surface area contributed by atoms with Crippen molar-refractivity contribution in [3.8, 4) is 6.01 Å². The Morgan fingerprint density at radius 3 is 2.88 bits per heavy atom. The molecule has 0 saturated heterocycles. The maximum absolute atomic E-state index is 5.93. The first kappa shape index (κ1) is 10.6. The molecule has 0 spiro atoms. The van der Waals surface area contributed by atoms with Gasteiger partial charge >= 0.3 is 0 Å². The van der Waals surface area contributed by atoms with Gasteiger partial charge in [0, 0.05) is 13.1 Å². The highest BCUT2D eigenvalue weighted by Crippen LogP contribution is 2.25. The summed E-state index contributed by atoms with van der Waals surface area (Å²) in [4.78, 5) is 4.50. The maximum Gasteiger partial charge on any atom is 0.297 e. The van der Waals surface area contributed by atoms with Crippen molar-refractivity contribution in [2.75, 3.05) is 0 Å². The van der Waals surface area contributed by atoms with Crippen molar-refractivity contribution in [3.63, 3.8) is 0 Å². The number of imidazole rings is 1. The third-order valence-corrected chi connectivity index (χ3v) is 3.44. The van der Waals surface area contributed by atoms with Gasteiger partial charge in [-0.2, -0.15) is 4.98 Å². The Kier molecular flexibility index (Phi) is 2.52. The molecule has 1 aliphatic rings. The van der Waals surface area contributed by atoms with Gasteiger partial charge in [-0.3, -0.25) is 4.57 Å². The van der Waals surface area contributed by atoms with Crippen LogP contribution in [0.3, 0.4) is 0 Å². The fraction of sp³-hybridized carbons (Fsp3) is 0.462. The van der Waals surface area contributed by atoms with Gasteiger partial charge in [0.2, 0.25) is 0 Å². The van der Waals surface area contributed by atoms with Gasteiger partial charge in [0.25, 0.3) is 6.01 Å². The number of hydrogen-bond donors (Lipinski definition) is 1. The SMILES string of the molecule is Cn1c(OC2CCC(N)C2)nc2ccccc21. The monoisotopic (exact) mass is 231 g/mol. The van der Waals surface area contributed by atoms with Crippen LogP contribution in [-0.4, -0.2) is 21.7 Å². The standard InChI is InChI=1S/C13H17N3O/c1-16-12-5-3-2-4-11(12)15-13(16)17-10-7-6-9(14)8-10/h2-5,9-10H,6-8,14H2,1H3. The third-order valence-electron chi connectivity index (χ3n) is 3.44. The number of fused-ring (bicyclic) bond motifs is 1. The molecule has 17 heavy (non-hydrogen) atoms. The minimum Gasteiger partial charge on any atom is -0.461 e. The van der Waals surface area contributed by atoms with E-state index >= 15 is 0 Å². The number of para-hydroxylation sites is 2. The molecule has 4 heteroatoms. The van der Waals surface area contributed by atoms with Crippen molar-refractivity contribution in [2.24, 2.45) is 12.8 Å². The zero-order valence-electron chi connectivity index (χ0n) is 9.97. The van der Waals surface area contributed by atoms with Crippen molar-refractivity contribution in [2.45, 2.75) is 31.4 Å². The Labute approximate surface area is 100 Å². The van der Waals surface area contributed by atoms with E-state index in [-0.39, 0.29) is 12.1 Å². The molecule has 1 fully saturated rings. The average Bonchev–Trinajstić information content (AvgIpc) is 2.86. The number of aromatic nitrogens is 2. The smallest absolute Gasteiger partial charge is 0.297 e. The molecule has 3 rings (SSSR count). The summed E-state index contributed by atoms with van der Waals surface area (Å²) in [7, 11) is 1.99. The van der Waals surface area contributed by atoms with E-state index in [0.29, 0.717) is 6.01 Å². The third kappa shape index (κ3) is 1.89. The van der Waals surface area contributed by atoms with Gasteiger partial charge in [-0.1, -0.05) is 12.1 Å². The number of nitrogens with two attached hydrogens (primary N) is 1. The summed E-state index contributed by atoms with van der Waals surface area (Å²) in [5.74, 6) is 0. The van der Waals surface area contributed by atoms with Crippen molar-refractivity contribution >= 4 is 11.0 Å². The molecule has 90 valence electrons. The fourth-order valence-electron chi connectivity index (χ4n) is 2.46. The molecule has 1 aliphatic carbocycles. The van der Waals surface area contributed by atoms with E-state index < -0.39 is 0 Å². The molecular weight excluding hydrogens is 214 g/mol. The lowest BCUT2D eigenvalue weighted by Crippen LogP contribution is -2.20. The molecule has 0 radical (unpaired) electrons. The summed E-state index contributed by atoms with van der Waals surface area (Å²) < 4.78 is 7.93. The highest BCUT2D eigenvalue weighted by atomic mass is 16.5. The molecule has 2 atom stereocenters. The van der Waals surface area contributed by atoms with Crippen LogP contribution in [0.4, 0.5) is 0 Å². The first-order valence-electron chi connectivity index (χ1n) is 6.08. The van der Waals surface area contributed by atoms with Gasteiger partial charge in [-0.25, -0.2) is 0 Å². The Balaban J connectivity index is 1.88. The molecule has 1 saturated carbocycles. The van der Waals surface area contributed by atoms with Gasteiger partial charge in [-0.05, 0) is 31.4 Å². The van der Waals surface area contributed by atoms with Crippen LogP contribution in [-0.2, 0) is 7.05 Å². The van der Waals surface area contributed by atoms with Crippen LogP contribution < -0.4 is 10.5 Å². The summed E-state index contributed by atoms with van der Waals surface area (Å²) in [5.41, 5.74) is 7.97. The van der Waals surface area contributed by atoms with Gasteiger partial charge in [0.15, 0.2) is 0 Å². The zero-order chi connectivity index (χ0) is 11.8. The second-order valence-electron chi connectivity index (χ2n) is 4.76. The number of nitrogens with zero attached hydrogens (tertiary/aromatic N) is 2. The zero-order valence-corrected chi connectivity index (χ0v) is 9.97. The molecular formula is C13H17N3O. The predicted molar refractivity (Wildman–Crippen MR) is 67.0 cm³/mol. The number of benzene rings is 1. The number of hydrogen-bond acceptors (Lipinski definition) is 3. The molecule has 4 nitrogen and oxygen atoms in total. The van der Waals surface area contributed by atoms with Gasteiger partial charge in [0.1, 0.15) is 6.10 Å². The highest BCUT2D eigenvalue weighted by molar-refractivity contribution is 5.76. The first-order valence-corrected chi connectivity index (χ1v) is 6.08. The molecule has 0 bridgehead atoms. The number of aryl methyl sites for hydroxylation is 1. The van der Waals surface area contributed by atoms with Crippen LogP contribution in [0, 0.1) is 0 Å². The largest absolute Gasteiger partial charge is 0.461 e. The Morgan fingerprint density at radius 2 is 2.18 bits per heavy atom. The highest BCUT2D eigenvalue weighted by Gasteiger charge is 2.24. The molecule has 1 aromatic carbocycles. The quantitative estimate of drug-likeness (QED) is 0.858. The molecule has 2 N–H and O–H groups in total. The van der Waals surface area contributed by atoms with Crippen LogP contribution in [0.1, 0.15) is 19.3 Å². The Morgan fingerprint density at radius 1 is 1.35 bits per heavy atom. The molecule has 1 aromatic heterocycles. The Bertz CT molecular complexity index is 534. The Hall–Kier alpha value is -1.55. The van der Waals surface area contributed by atoms with E-state index in [1.165, 1.54) is 0 Å². The van der Waals surface area contributed by atoms with Crippen LogP contribution in [0.25, 0.3) is 11.0 Å². The lowest BCUT2D eigenvalue weighted by atomic mass is 10.3. The van der Waals surface area contributed by atoms with Crippen molar-refractivity contribution in [3.05, 3.63) is 24.3 Å². The van der Waals surface area contributed by atoms with E-state index in [2.05, 4.69) is 11.1 Å². The van der Waals surface area contributed by atoms with Crippen LogP contribution >= 0.6 is 0 Å². The first-order chi connectivity index (χ1) is 8.24. The van der Waals surface area contributed by atoms with Crippen LogP contribution in [0.2, 0.25) is 0 Å². The number of rotatable bonds is 2. The summed E-state index contributed by atoms with van der Waals surface area (Å²) in [5, 5.41) is 0. The predicted octanol–water partition coefficient (Wildman–Crippen LogP) is 1.83. The van der Waals surface area contributed by atoms with Gasteiger partial charge in [0.05, 0.1) is 11.0 Å². The summed E-state index contributed by atoms with van der Waals surface area (Å²) in [6, 6.07) is 9.04. The summed E-state index contributed by atoms with van der Waals surface area (Å²) in [6.07, 6.45) is 3.24. The second kappa shape index (κ2) is 4.04. The lowest BCUT2D eigenvalue weighted by molar-refractivity contribution is 0.186. The molecule has 0 amide bonds. The molecule has 2 unspecified atom stereocenters. The minimum absolute atomic E-state index is 0.223. The van der Waals surface area contributed by atoms with E-state index in [1.807, 2.05) is 29.8 Å². The van der Waals surface area contributed by atoms with Crippen molar-refractivity contribution in [1.82, 2.24) is 9.55 Å². The fourth-order valence-corrected chi connectivity index (χ4v) is 2.46. The van der Waals surface area contributed by atoms with Crippen molar-refractivity contribution in [1.29, 1.82) is 0 Å².